The molecular weight excluding hydrogens is 256 g/mol. The second-order valence-corrected chi connectivity index (χ2v) is 5.93. The number of hydrogen-bond donors (Lipinski definition) is 1. The van der Waals surface area contributed by atoms with Crippen LogP contribution in [0.25, 0.3) is 0 Å². The molecule has 1 N–H and O–H groups in total. The zero-order chi connectivity index (χ0) is 11.2. The van der Waals surface area contributed by atoms with Crippen LogP contribution >= 0.6 is 15.9 Å². The van der Waals surface area contributed by atoms with E-state index in [2.05, 4.69) is 46.7 Å². The predicted octanol–water partition coefficient (Wildman–Crippen LogP) is 2.71. The third-order valence-corrected chi connectivity index (χ3v) is 3.33. The Hall–Kier alpha value is -0.640. The Balaban J connectivity index is 2.56. The highest BCUT2D eigenvalue weighted by Crippen LogP contribution is 2.41. The molecule has 0 bridgehead atoms. The largest absolute Gasteiger partial charge is 0.309 e. The zero-order valence-electron chi connectivity index (χ0n) is 9.22. The predicted molar refractivity (Wildman–Crippen MR) is 63.2 cm³/mol. The van der Waals surface area contributed by atoms with Gasteiger partial charge in [-0.2, -0.15) is 0 Å². The molecule has 1 aliphatic rings. The number of nitrogens with one attached hydrogen (secondary N) is 1. The van der Waals surface area contributed by atoms with Crippen LogP contribution in [0.1, 0.15) is 51.0 Å². The first-order valence-corrected chi connectivity index (χ1v) is 5.99. The van der Waals surface area contributed by atoms with E-state index in [0.29, 0.717) is 10.4 Å². The highest BCUT2D eigenvalue weighted by Gasteiger charge is 2.30. The Morgan fingerprint density at radius 2 is 2.00 bits per heavy atom. The second-order valence-electron chi connectivity index (χ2n) is 5.14. The Morgan fingerprint density at radius 3 is 2.47 bits per heavy atom. The van der Waals surface area contributed by atoms with Crippen molar-refractivity contribution in [3.63, 3.8) is 0 Å². The first kappa shape index (κ1) is 10.9. The van der Waals surface area contributed by atoms with Gasteiger partial charge in [-0.3, -0.25) is 4.79 Å². The normalized spacial score (nSPS) is 16.8. The molecule has 3 nitrogen and oxygen atoms in total. The van der Waals surface area contributed by atoms with E-state index in [-0.39, 0.29) is 11.0 Å². The summed E-state index contributed by atoms with van der Waals surface area (Å²) in [6.07, 6.45) is 2.30. The van der Waals surface area contributed by atoms with Gasteiger partial charge in [-0.1, -0.05) is 20.8 Å². The van der Waals surface area contributed by atoms with Gasteiger partial charge in [0, 0.05) is 11.3 Å². The monoisotopic (exact) mass is 270 g/mol. The molecule has 0 saturated heterocycles. The minimum atomic E-state index is -0.108. The number of aromatic amines is 1. The van der Waals surface area contributed by atoms with Crippen LogP contribution in [0.15, 0.2) is 9.27 Å². The van der Waals surface area contributed by atoms with Gasteiger partial charge in [0.1, 0.15) is 10.3 Å². The van der Waals surface area contributed by atoms with Crippen LogP contribution in [-0.2, 0) is 5.41 Å². The molecule has 0 radical (unpaired) electrons. The average molecular weight is 271 g/mol. The lowest BCUT2D eigenvalue weighted by molar-refractivity contribution is 0.537. The highest BCUT2D eigenvalue weighted by molar-refractivity contribution is 9.10. The standard InChI is InChI=1S/C11H15BrN2O/c1-11(2,3)10-13-8(6-4-5-6)7(12)9(15)14-10/h6H,4-5H2,1-3H3,(H,13,14,15). The molecule has 1 aromatic heterocycles. The van der Waals surface area contributed by atoms with Crippen molar-refractivity contribution in [3.05, 3.63) is 26.3 Å². The maximum absolute atomic E-state index is 11.7. The fourth-order valence-electron chi connectivity index (χ4n) is 1.46. The van der Waals surface area contributed by atoms with Crippen molar-refractivity contribution in [2.75, 3.05) is 0 Å². The van der Waals surface area contributed by atoms with Crippen molar-refractivity contribution in [1.29, 1.82) is 0 Å². The number of H-pyrrole nitrogens is 1. The molecule has 0 aromatic carbocycles. The SMILES string of the molecule is CC(C)(C)c1nc(C2CC2)c(Br)c(=O)[nH]1. The van der Waals surface area contributed by atoms with Crippen LogP contribution in [0.3, 0.4) is 0 Å². The van der Waals surface area contributed by atoms with Crippen molar-refractivity contribution in [2.24, 2.45) is 0 Å². The minimum Gasteiger partial charge on any atom is -0.309 e. The lowest BCUT2D eigenvalue weighted by Crippen LogP contribution is -2.24. The van der Waals surface area contributed by atoms with Crippen molar-refractivity contribution in [2.45, 2.75) is 44.9 Å². The summed E-state index contributed by atoms with van der Waals surface area (Å²) < 4.78 is 0.609. The number of rotatable bonds is 1. The van der Waals surface area contributed by atoms with E-state index < -0.39 is 0 Å². The molecule has 1 aromatic rings. The maximum atomic E-state index is 11.7. The molecule has 0 spiro atoms. The molecule has 0 atom stereocenters. The van der Waals surface area contributed by atoms with Crippen LogP contribution < -0.4 is 5.56 Å². The van der Waals surface area contributed by atoms with Gasteiger partial charge in [0.15, 0.2) is 0 Å². The quantitative estimate of drug-likeness (QED) is 0.853. The third-order valence-electron chi connectivity index (χ3n) is 2.56. The average Bonchev–Trinajstić information content (AvgIpc) is 2.90. The lowest BCUT2D eigenvalue weighted by atomic mass is 9.95. The zero-order valence-corrected chi connectivity index (χ0v) is 10.8. The minimum absolute atomic E-state index is 0.0585. The summed E-state index contributed by atoms with van der Waals surface area (Å²) in [6.45, 7) is 6.15. The molecule has 0 aliphatic heterocycles. The van der Waals surface area contributed by atoms with Gasteiger partial charge in [0.25, 0.3) is 5.56 Å². The molecule has 1 heterocycles. The van der Waals surface area contributed by atoms with Crippen LogP contribution in [0.2, 0.25) is 0 Å². The van der Waals surface area contributed by atoms with Crippen LogP contribution in [-0.4, -0.2) is 9.97 Å². The summed E-state index contributed by atoms with van der Waals surface area (Å²) in [4.78, 5) is 19.1. The summed E-state index contributed by atoms with van der Waals surface area (Å²) in [5.41, 5.74) is 0.768. The third kappa shape index (κ3) is 2.14. The fourth-order valence-corrected chi connectivity index (χ4v) is 1.97. The number of hydrogen-bond acceptors (Lipinski definition) is 2. The molecule has 1 fully saturated rings. The van der Waals surface area contributed by atoms with Gasteiger partial charge in [0.2, 0.25) is 0 Å². The first-order valence-electron chi connectivity index (χ1n) is 5.20. The van der Waals surface area contributed by atoms with E-state index in [9.17, 15) is 4.79 Å². The van der Waals surface area contributed by atoms with Gasteiger partial charge < -0.3 is 4.98 Å². The Morgan fingerprint density at radius 1 is 1.40 bits per heavy atom. The maximum Gasteiger partial charge on any atom is 0.265 e. The number of nitrogens with zero attached hydrogens (tertiary/aromatic N) is 1. The van der Waals surface area contributed by atoms with Gasteiger partial charge >= 0.3 is 0 Å². The van der Waals surface area contributed by atoms with E-state index in [1.54, 1.807) is 0 Å². The summed E-state index contributed by atoms with van der Waals surface area (Å²) in [6, 6.07) is 0. The summed E-state index contributed by atoms with van der Waals surface area (Å²) in [5, 5.41) is 0. The smallest absolute Gasteiger partial charge is 0.265 e. The first-order chi connectivity index (χ1) is 6.89. The Labute approximate surface area is 97.4 Å². The molecule has 4 heteroatoms. The molecule has 0 amide bonds. The van der Waals surface area contributed by atoms with Crippen molar-refractivity contribution in [3.8, 4) is 0 Å². The van der Waals surface area contributed by atoms with E-state index in [0.717, 1.165) is 24.4 Å². The summed E-state index contributed by atoms with van der Waals surface area (Å²) >= 11 is 3.32. The molecule has 2 rings (SSSR count). The van der Waals surface area contributed by atoms with Crippen LogP contribution in [0.4, 0.5) is 0 Å². The number of halogens is 1. The van der Waals surface area contributed by atoms with Crippen molar-refractivity contribution < 1.29 is 0 Å². The van der Waals surface area contributed by atoms with E-state index in [1.807, 2.05) is 0 Å². The molecule has 82 valence electrons. The summed E-state index contributed by atoms with van der Waals surface area (Å²) in [5.74, 6) is 1.26. The van der Waals surface area contributed by atoms with Gasteiger partial charge in [-0.05, 0) is 28.8 Å². The molecule has 1 aliphatic carbocycles. The second kappa shape index (κ2) is 3.44. The van der Waals surface area contributed by atoms with Crippen LogP contribution in [0.5, 0.6) is 0 Å². The van der Waals surface area contributed by atoms with Crippen molar-refractivity contribution in [1.82, 2.24) is 9.97 Å². The van der Waals surface area contributed by atoms with Gasteiger partial charge in [-0.15, -0.1) is 0 Å². The molecule has 0 unspecified atom stereocenters. The Kier molecular flexibility index (Phi) is 2.49. The lowest BCUT2D eigenvalue weighted by Gasteiger charge is -2.18. The fraction of sp³-hybridized carbons (Fsp3) is 0.636. The van der Waals surface area contributed by atoms with Crippen molar-refractivity contribution >= 4 is 15.9 Å². The molecule has 1 saturated carbocycles. The topological polar surface area (TPSA) is 45.8 Å². The highest BCUT2D eigenvalue weighted by atomic mass is 79.9. The number of aromatic nitrogens is 2. The van der Waals surface area contributed by atoms with E-state index in [4.69, 9.17) is 0 Å². The van der Waals surface area contributed by atoms with Crippen LogP contribution in [0, 0.1) is 0 Å². The van der Waals surface area contributed by atoms with E-state index in [1.165, 1.54) is 0 Å². The molecular formula is C11H15BrN2O. The molecule has 15 heavy (non-hydrogen) atoms. The Bertz CT molecular complexity index is 441. The van der Waals surface area contributed by atoms with E-state index >= 15 is 0 Å². The summed E-state index contributed by atoms with van der Waals surface area (Å²) in [7, 11) is 0. The van der Waals surface area contributed by atoms with Gasteiger partial charge in [-0.25, -0.2) is 4.98 Å². The van der Waals surface area contributed by atoms with Gasteiger partial charge in [0.05, 0.1) is 5.69 Å².